The predicted octanol–water partition coefficient (Wildman–Crippen LogP) is 4.08. The molecule has 0 aliphatic rings. The molecule has 0 bridgehead atoms. The number of Topliss-reactive ketones (excluding diaryl/α,β-unsaturated/α-hetero) is 1. The number of ether oxygens (including phenoxy) is 1. The van der Waals surface area contributed by atoms with Crippen LogP contribution in [0.4, 0.5) is 0 Å². The molecule has 0 saturated heterocycles. The Hall–Kier alpha value is -3.44. The van der Waals surface area contributed by atoms with E-state index < -0.39 is 6.61 Å². The number of aliphatic hydroxyl groups is 1. The first-order chi connectivity index (χ1) is 13.2. The molecule has 0 aliphatic heterocycles. The summed E-state index contributed by atoms with van der Waals surface area (Å²) in [5, 5.41) is 9.01. The number of benzene rings is 3. The Kier molecular flexibility index (Phi) is 4.44. The molecule has 0 atom stereocenters. The Balaban J connectivity index is 1.66. The minimum absolute atomic E-state index is 0.310. The molecule has 1 heterocycles. The van der Waals surface area contributed by atoms with E-state index in [2.05, 4.69) is 9.97 Å². The first-order valence-electron chi connectivity index (χ1n) is 8.56. The highest BCUT2D eigenvalue weighted by molar-refractivity contribution is 5.99. The van der Waals surface area contributed by atoms with Gasteiger partial charge in [0.15, 0.2) is 5.78 Å². The van der Waals surface area contributed by atoms with E-state index in [0.717, 1.165) is 39.3 Å². The second kappa shape index (κ2) is 7.05. The summed E-state index contributed by atoms with van der Waals surface area (Å²) in [6.45, 7) is -0.502. The number of methoxy groups -OCH3 is 1. The topological polar surface area (TPSA) is 75.2 Å². The summed E-state index contributed by atoms with van der Waals surface area (Å²) in [5.74, 6) is 1.24. The minimum Gasteiger partial charge on any atom is -0.497 e. The largest absolute Gasteiger partial charge is 0.497 e. The number of imidazole rings is 1. The number of H-pyrrole nitrogens is 1. The SMILES string of the molecule is COc1cccc(-c2ccc(-c3nc4ccc(C(=O)CO)cc4[nH]3)cc2)c1. The molecule has 134 valence electrons. The van der Waals surface area contributed by atoms with Crippen molar-refractivity contribution in [3.8, 4) is 28.3 Å². The second-order valence-corrected chi connectivity index (χ2v) is 6.21. The van der Waals surface area contributed by atoms with E-state index in [4.69, 9.17) is 9.84 Å². The van der Waals surface area contributed by atoms with Crippen LogP contribution in [0.25, 0.3) is 33.5 Å². The molecule has 4 rings (SSSR count). The third kappa shape index (κ3) is 3.32. The van der Waals surface area contributed by atoms with Crippen LogP contribution in [-0.4, -0.2) is 34.6 Å². The number of nitrogens with one attached hydrogen (secondary N) is 1. The van der Waals surface area contributed by atoms with E-state index >= 15 is 0 Å². The Morgan fingerprint density at radius 2 is 1.78 bits per heavy atom. The number of ketones is 1. The number of rotatable bonds is 5. The zero-order valence-electron chi connectivity index (χ0n) is 14.8. The van der Waals surface area contributed by atoms with Crippen molar-refractivity contribution in [2.24, 2.45) is 0 Å². The number of carbonyl (C=O) groups is 1. The van der Waals surface area contributed by atoms with Gasteiger partial charge in [-0.1, -0.05) is 36.4 Å². The van der Waals surface area contributed by atoms with Gasteiger partial charge in [-0.15, -0.1) is 0 Å². The van der Waals surface area contributed by atoms with E-state index in [1.807, 2.05) is 48.5 Å². The zero-order chi connectivity index (χ0) is 18.8. The molecular weight excluding hydrogens is 340 g/mol. The van der Waals surface area contributed by atoms with Crippen molar-refractivity contribution in [1.82, 2.24) is 9.97 Å². The molecule has 0 fully saturated rings. The number of carbonyl (C=O) groups excluding carboxylic acids is 1. The van der Waals surface area contributed by atoms with Gasteiger partial charge in [-0.3, -0.25) is 4.79 Å². The van der Waals surface area contributed by atoms with Gasteiger partial charge in [0, 0.05) is 11.1 Å². The maximum Gasteiger partial charge on any atom is 0.188 e. The molecule has 5 nitrogen and oxygen atoms in total. The second-order valence-electron chi connectivity index (χ2n) is 6.21. The maximum absolute atomic E-state index is 11.7. The lowest BCUT2D eigenvalue weighted by Gasteiger charge is -2.05. The minimum atomic E-state index is -0.502. The number of hydrogen-bond acceptors (Lipinski definition) is 4. The van der Waals surface area contributed by atoms with Crippen LogP contribution in [0, 0.1) is 0 Å². The predicted molar refractivity (Wildman–Crippen MR) is 105 cm³/mol. The average Bonchev–Trinajstić information content (AvgIpc) is 3.16. The first kappa shape index (κ1) is 17.0. The third-order valence-electron chi connectivity index (χ3n) is 4.51. The lowest BCUT2D eigenvalue weighted by Crippen LogP contribution is -2.03. The average molecular weight is 358 g/mol. The highest BCUT2D eigenvalue weighted by Crippen LogP contribution is 2.27. The highest BCUT2D eigenvalue weighted by atomic mass is 16.5. The van der Waals surface area contributed by atoms with E-state index in [0.29, 0.717) is 5.56 Å². The monoisotopic (exact) mass is 358 g/mol. The Morgan fingerprint density at radius 1 is 1.00 bits per heavy atom. The summed E-state index contributed by atoms with van der Waals surface area (Å²) in [6.07, 6.45) is 0. The molecule has 4 aromatic rings. The highest BCUT2D eigenvalue weighted by Gasteiger charge is 2.10. The van der Waals surface area contributed by atoms with Crippen LogP contribution in [0.2, 0.25) is 0 Å². The van der Waals surface area contributed by atoms with Crippen molar-refractivity contribution in [3.63, 3.8) is 0 Å². The molecule has 0 saturated carbocycles. The van der Waals surface area contributed by atoms with Crippen molar-refractivity contribution < 1.29 is 14.6 Å². The fourth-order valence-corrected chi connectivity index (χ4v) is 3.03. The normalized spacial score (nSPS) is 10.9. The van der Waals surface area contributed by atoms with Crippen molar-refractivity contribution in [1.29, 1.82) is 0 Å². The first-order valence-corrected chi connectivity index (χ1v) is 8.56. The zero-order valence-corrected chi connectivity index (χ0v) is 14.8. The maximum atomic E-state index is 11.7. The van der Waals surface area contributed by atoms with E-state index in [9.17, 15) is 4.79 Å². The van der Waals surface area contributed by atoms with E-state index in [1.54, 1.807) is 25.3 Å². The molecule has 27 heavy (non-hydrogen) atoms. The van der Waals surface area contributed by atoms with Gasteiger partial charge in [-0.05, 0) is 41.5 Å². The van der Waals surface area contributed by atoms with Gasteiger partial charge in [0.05, 0.1) is 18.1 Å². The van der Waals surface area contributed by atoms with Crippen LogP contribution in [-0.2, 0) is 0 Å². The van der Waals surface area contributed by atoms with Crippen molar-refractivity contribution >= 4 is 16.8 Å². The summed E-state index contributed by atoms with van der Waals surface area (Å²) >= 11 is 0. The summed E-state index contributed by atoms with van der Waals surface area (Å²) in [5.41, 5.74) is 5.13. The van der Waals surface area contributed by atoms with Crippen LogP contribution in [0.3, 0.4) is 0 Å². The van der Waals surface area contributed by atoms with E-state index in [-0.39, 0.29) is 5.78 Å². The fourth-order valence-electron chi connectivity index (χ4n) is 3.03. The molecule has 0 spiro atoms. The lowest BCUT2D eigenvalue weighted by atomic mass is 10.0. The van der Waals surface area contributed by atoms with Gasteiger partial charge in [0.2, 0.25) is 0 Å². The summed E-state index contributed by atoms with van der Waals surface area (Å²) in [6, 6.07) is 21.2. The van der Waals surface area contributed by atoms with Crippen LogP contribution < -0.4 is 4.74 Å². The van der Waals surface area contributed by atoms with Gasteiger partial charge in [-0.2, -0.15) is 0 Å². The Bertz CT molecular complexity index is 1110. The quantitative estimate of drug-likeness (QED) is 0.527. The third-order valence-corrected chi connectivity index (χ3v) is 4.51. The molecule has 5 heteroatoms. The smallest absolute Gasteiger partial charge is 0.188 e. The molecule has 0 unspecified atom stereocenters. The van der Waals surface area contributed by atoms with Crippen LogP contribution in [0.5, 0.6) is 5.75 Å². The summed E-state index contributed by atoms with van der Waals surface area (Å²) < 4.78 is 5.28. The Labute approximate surface area is 156 Å². The summed E-state index contributed by atoms with van der Waals surface area (Å²) in [4.78, 5) is 19.5. The lowest BCUT2D eigenvalue weighted by molar-refractivity contribution is 0.0904. The van der Waals surface area contributed by atoms with Gasteiger partial charge >= 0.3 is 0 Å². The van der Waals surface area contributed by atoms with Crippen molar-refractivity contribution in [2.45, 2.75) is 0 Å². The molecule has 3 aromatic carbocycles. The number of aromatic amines is 1. The molecule has 1 aromatic heterocycles. The van der Waals surface area contributed by atoms with Gasteiger partial charge in [-0.25, -0.2) is 4.98 Å². The molecular formula is C22H18N2O3. The number of hydrogen-bond donors (Lipinski definition) is 2. The number of nitrogens with zero attached hydrogens (tertiary/aromatic N) is 1. The van der Waals surface area contributed by atoms with Crippen molar-refractivity contribution in [2.75, 3.05) is 13.7 Å². The van der Waals surface area contributed by atoms with E-state index in [1.165, 1.54) is 0 Å². The number of aliphatic hydroxyl groups excluding tert-OH is 1. The van der Waals surface area contributed by atoms with Crippen molar-refractivity contribution in [3.05, 3.63) is 72.3 Å². The van der Waals surface area contributed by atoms with Gasteiger partial charge < -0.3 is 14.8 Å². The summed E-state index contributed by atoms with van der Waals surface area (Å²) in [7, 11) is 1.66. The van der Waals surface area contributed by atoms with Gasteiger partial charge in [0.1, 0.15) is 18.2 Å². The van der Waals surface area contributed by atoms with Crippen LogP contribution >= 0.6 is 0 Å². The number of fused-ring (bicyclic) bond motifs is 1. The van der Waals surface area contributed by atoms with Crippen LogP contribution in [0.15, 0.2) is 66.7 Å². The standard InChI is InChI=1S/C22H18N2O3/c1-27-18-4-2-3-16(11-18)14-5-7-15(8-6-14)22-23-19-10-9-17(21(26)13-25)12-20(19)24-22/h2-12,25H,13H2,1H3,(H,23,24). The fraction of sp³-hybridized carbons (Fsp3) is 0.0909. The number of aromatic nitrogens is 2. The molecule has 0 amide bonds. The molecule has 0 aliphatic carbocycles. The van der Waals surface area contributed by atoms with Gasteiger partial charge in [0.25, 0.3) is 0 Å². The Morgan fingerprint density at radius 3 is 2.52 bits per heavy atom. The molecule has 2 N–H and O–H groups in total. The molecule has 0 radical (unpaired) electrons. The van der Waals surface area contributed by atoms with Crippen LogP contribution in [0.1, 0.15) is 10.4 Å².